The zero-order valence-corrected chi connectivity index (χ0v) is 19.4. The summed E-state index contributed by atoms with van der Waals surface area (Å²) in [7, 11) is 0. The molecule has 0 spiro atoms. The first-order chi connectivity index (χ1) is 15.4. The summed E-state index contributed by atoms with van der Waals surface area (Å²) in [5, 5.41) is 17.0. The largest absolute Gasteiger partial charge is 0.505 e. The first kappa shape index (κ1) is 22.2. The van der Waals surface area contributed by atoms with Crippen LogP contribution in [0.3, 0.4) is 0 Å². The molecular weight excluding hydrogens is 472 g/mol. The Kier molecular flexibility index (Phi) is 6.72. The van der Waals surface area contributed by atoms with Crippen molar-refractivity contribution in [1.29, 1.82) is 0 Å². The van der Waals surface area contributed by atoms with Crippen LogP contribution in [0.2, 0.25) is 0 Å². The second-order valence-electron chi connectivity index (χ2n) is 8.21. The molecule has 1 aromatic heterocycles. The maximum Gasteiger partial charge on any atom is 0.279 e. The van der Waals surface area contributed by atoms with Crippen molar-refractivity contribution >= 4 is 27.5 Å². The number of carbonyl (C=O) groups excluding carboxylic acids is 1. The highest BCUT2D eigenvalue weighted by molar-refractivity contribution is 9.10. The smallest absolute Gasteiger partial charge is 0.279 e. The van der Waals surface area contributed by atoms with Crippen molar-refractivity contribution in [1.82, 2.24) is 14.7 Å². The summed E-state index contributed by atoms with van der Waals surface area (Å²) in [5.74, 6) is -0.255. The first-order valence-electron chi connectivity index (χ1n) is 10.6. The maximum absolute atomic E-state index is 12.8. The van der Waals surface area contributed by atoms with Crippen molar-refractivity contribution in [3.63, 3.8) is 0 Å². The monoisotopic (exact) mass is 496 g/mol. The van der Waals surface area contributed by atoms with Crippen LogP contribution in [0.25, 0.3) is 5.69 Å². The van der Waals surface area contributed by atoms with E-state index in [9.17, 15) is 14.7 Å². The van der Waals surface area contributed by atoms with Crippen molar-refractivity contribution < 1.29 is 9.90 Å². The van der Waals surface area contributed by atoms with Gasteiger partial charge in [0.15, 0.2) is 11.4 Å². The lowest BCUT2D eigenvalue weighted by atomic mass is 9.99. The van der Waals surface area contributed by atoms with E-state index in [1.54, 1.807) is 24.3 Å². The summed E-state index contributed by atoms with van der Waals surface area (Å²) in [6, 6.07) is 15.6. The molecule has 2 aromatic carbocycles. The lowest BCUT2D eigenvalue weighted by Gasteiger charge is -2.30. The van der Waals surface area contributed by atoms with E-state index in [0.717, 1.165) is 40.8 Å². The molecule has 0 aliphatic carbocycles. The topological polar surface area (TPSA) is 87.5 Å². The van der Waals surface area contributed by atoms with E-state index in [1.165, 1.54) is 18.4 Å². The van der Waals surface area contributed by atoms with Crippen LogP contribution in [0.15, 0.2) is 63.9 Å². The molecule has 0 saturated carbocycles. The van der Waals surface area contributed by atoms with E-state index < -0.39 is 17.2 Å². The minimum absolute atomic E-state index is 0.223. The summed E-state index contributed by atoms with van der Waals surface area (Å²) in [4.78, 5) is 27.5. The summed E-state index contributed by atoms with van der Waals surface area (Å²) < 4.78 is 1.94. The fourth-order valence-corrected chi connectivity index (χ4v) is 4.00. The van der Waals surface area contributed by atoms with Crippen LogP contribution in [0, 0.1) is 5.92 Å². The molecule has 1 fully saturated rings. The second-order valence-corrected chi connectivity index (χ2v) is 9.13. The molecule has 1 saturated heterocycles. The number of rotatable bonds is 5. The Morgan fingerprint density at radius 3 is 2.44 bits per heavy atom. The molecule has 1 aliphatic heterocycles. The molecule has 2 heterocycles. The fourth-order valence-electron chi connectivity index (χ4n) is 3.74. The minimum Gasteiger partial charge on any atom is -0.505 e. The van der Waals surface area contributed by atoms with Crippen LogP contribution >= 0.6 is 15.9 Å². The number of halogens is 1. The zero-order valence-electron chi connectivity index (χ0n) is 17.8. The van der Waals surface area contributed by atoms with E-state index in [1.807, 2.05) is 24.3 Å². The van der Waals surface area contributed by atoms with Crippen molar-refractivity contribution in [3.05, 3.63) is 80.7 Å². The summed E-state index contributed by atoms with van der Waals surface area (Å²) in [6.07, 6.45) is 2.46. The lowest BCUT2D eigenvalue weighted by Crippen LogP contribution is -2.32. The van der Waals surface area contributed by atoms with Crippen LogP contribution in [0.4, 0.5) is 5.69 Å². The van der Waals surface area contributed by atoms with Crippen LogP contribution in [-0.4, -0.2) is 38.8 Å². The predicted molar refractivity (Wildman–Crippen MR) is 127 cm³/mol. The highest BCUT2D eigenvalue weighted by atomic mass is 79.9. The van der Waals surface area contributed by atoms with Crippen molar-refractivity contribution in [2.24, 2.45) is 5.92 Å². The average molecular weight is 497 g/mol. The number of anilines is 1. The van der Waals surface area contributed by atoms with Gasteiger partial charge in [-0.25, -0.2) is 0 Å². The Morgan fingerprint density at radius 1 is 1.12 bits per heavy atom. The molecule has 2 N–H and O–H groups in total. The highest BCUT2D eigenvalue weighted by Crippen LogP contribution is 2.20. The predicted octanol–water partition coefficient (Wildman–Crippen LogP) is 4.18. The third-order valence-corrected chi connectivity index (χ3v) is 6.22. The summed E-state index contributed by atoms with van der Waals surface area (Å²) in [5.41, 5.74) is 1.51. The molecule has 7 nitrogen and oxygen atoms in total. The van der Waals surface area contributed by atoms with Gasteiger partial charge in [-0.2, -0.15) is 9.78 Å². The number of aromatic hydroxyl groups is 1. The molecule has 1 amide bonds. The van der Waals surface area contributed by atoms with Gasteiger partial charge in [-0.1, -0.05) is 35.0 Å². The van der Waals surface area contributed by atoms with Crippen molar-refractivity contribution in [2.75, 3.05) is 18.4 Å². The Hall–Kier alpha value is -2.97. The molecule has 0 bridgehead atoms. The van der Waals surface area contributed by atoms with Gasteiger partial charge in [0, 0.05) is 22.8 Å². The number of hydrogen-bond acceptors (Lipinski definition) is 5. The number of hydrogen-bond donors (Lipinski definition) is 2. The van der Waals surface area contributed by atoms with Gasteiger partial charge in [-0.05, 0) is 73.8 Å². The SMILES string of the molecule is CC1CCN(Cc2ccc(NC(=O)c3nn(-c4ccc(Br)cc4)c(=O)cc3O)cc2)CC1. The molecule has 32 heavy (non-hydrogen) atoms. The number of carbonyl (C=O) groups is 1. The molecule has 0 atom stereocenters. The number of nitrogens with one attached hydrogen (secondary N) is 1. The Labute approximate surface area is 194 Å². The van der Waals surface area contributed by atoms with Crippen LogP contribution < -0.4 is 10.9 Å². The van der Waals surface area contributed by atoms with E-state index in [4.69, 9.17) is 0 Å². The third kappa shape index (κ3) is 5.26. The van der Waals surface area contributed by atoms with Gasteiger partial charge >= 0.3 is 0 Å². The number of aromatic nitrogens is 2. The van der Waals surface area contributed by atoms with Gasteiger partial charge in [0.05, 0.1) is 5.69 Å². The van der Waals surface area contributed by atoms with Gasteiger partial charge in [0.25, 0.3) is 11.5 Å². The Balaban J connectivity index is 1.47. The second kappa shape index (κ2) is 9.67. The Morgan fingerprint density at radius 2 is 1.78 bits per heavy atom. The number of nitrogens with zero attached hydrogens (tertiary/aromatic N) is 3. The zero-order chi connectivity index (χ0) is 22.7. The first-order valence-corrected chi connectivity index (χ1v) is 11.4. The van der Waals surface area contributed by atoms with Crippen molar-refractivity contribution in [3.8, 4) is 11.4 Å². The van der Waals surface area contributed by atoms with Gasteiger partial charge in [0.1, 0.15) is 0 Å². The highest BCUT2D eigenvalue weighted by Gasteiger charge is 2.18. The quantitative estimate of drug-likeness (QED) is 0.552. The number of piperidine rings is 1. The fraction of sp³-hybridized carbons (Fsp3) is 0.292. The van der Waals surface area contributed by atoms with Crippen LogP contribution in [0.5, 0.6) is 5.75 Å². The van der Waals surface area contributed by atoms with E-state index >= 15 is 0 Å². The maximum atomic E-state index is 12.8. The standard InChI is InChI=1S/C24H25BrN4O3/c1-16-10-12-28(13-11-16)15-17-2-6-19(7-3-17)26-24(32)23-21(30)14-22(31)29(27-23)20-8-4-18(25)5-9-20/h2-9,14,16,30H,10-13,15H2,1H3,(H,26,32). The average Bonchev–Trinajstić information content (AvgIpc) is 2.77. The molecular formula is C24H25BrN4O3. The summed E-state index contributed by atoms with van der Waals surface area (Å²) >= 11 is 3.34. The molecule has 8 heteroatoms. The van der Waals surface area contributed by atoms with Crippen molar-refractivity contribution in [2.45, 2.75) is 26.3 Å². The lowest BCUT2D eigenvalue weighted by molar-refractivity contribution is 0.101. The molecule has 0 radical (unpaired) electrons. The van der Waals surface area contributed by atoms with Gasteiger partial charge in [-0.3, -0.25) is 14.5 Å². The van der Waals surface area contributed by atoms with E-state index in [0.29, 0.717) is 11.4 Å². The van der Waals surface area contributed by atoms with Crippen LogP contribution in [0.1, 0.15) is 35.8 Å². The minimum atomic E-state index is -0.592. The molecule has 1 aliphatic rings. The number of likely N-dealkylation sites (tertiary alicyclic amines) is 1. The van der Waals surface area contributed by atoms with Crippen LogP contribution in [-0.2, 0) is 6.54 Å². The molecule has 166 valence electrons. The number of amides is 1. The van der Waals surface area contributed by atoms with E-state index in [2.05, 4.69) is 38.2 Å². The molecule has 0 unspecified atom stereocenters. The van der Waals surface area contributed by atoms with Gasteiger partial charge in [0.2, 0.25) is 0 Å². The third-order valence-electron chi connectivity index (χ3n) is 5.69. The summed E-state index contributed by atoms with van der Waals surface area (Å²) in [6.45, 7) is 5.41. The number of benzene rings is 2. The normalized spacial score (nSPS) is 14.9. The van der Waals surface area contributed by atoms with Gasteiger partial charge < -0.3 is 10.4 Å². The van der Waals surface area contributed by atoms with Gasteiger partial charge in [-0.15, -0.1) is 0 Å². The molecule has 4 rings (SSSR count). The van der Waals surface area contributed by atoms with E-state index in [-0.39, 0.29) is 5.69 Å². The Bertz CT molecular complexity index is 1150. The molecule has 3 aromatic rings.